The van der Waals surface area contributed by atoms with Crippen molar-refractivity contribution >= 4 is 79.3 Å². The number of carbonyl (C=O) groups is 6. The minimum atomic E-state index is -4.65. The van der Waals surface area contributed by atoms with E-state index in [1.54, 1.807) is 98.6 Å². The summed E-state index contributed by atoms with van der Waals surface area (Å²) in [6, 6.07) is 19.0. The average molecular weight is 1340 g/mol. The first-order valence-electron chi connectivity index (χ1n) is 32.3. The van der Waals surface area contributed by atoms with Gasteiger partial charge < -0.3 is 44.5 Å². The normalized spacial score (nSPS) is 17.4. The lowest BCUT2D eigenvalue weighted by Gasteiger charge is -2.36. The lowest BCUT2D eigenvalue weighted by Crippen LogP contribution is -2.56. The number of nitrogens with zero attached hydrogens (tertiary/aromatic N) is 7. The van der Waals surface area contributed by atoms with E-state index in [0.29, 0.717) is 122 Å². The van der Waals surface area contributed by atoms with Crippen molar-refractivity contribution in [2.45, 2.75) is 122 Å². The Morgan fingerprint density at radius 1 is 0.723 bits per heavy atom. The highest BCUT2D eigenvalue weighted by Crippen LogP contribution is 2.39. The summed E-state index contributed by atoms with van der Waals surface area (Å²) in [5.41, 5.74) is 1.36. The average Bonchev–Trinajstić information content (AvgIpc) is 1.49. The Hall–Kier alpha value is -7.46. The Kier molecular flexibility index (Phi) is 23.5. The summed E-state index contributed by atoms with van der Waals surface area (Å²) in [5, 5.41) is 11.4. The van der Waals surface area contributed by atoms with Crippen LogP contribution in [0, 0.1) is 11.8 Å². The van der Waals surface area contributed by atoms with Crippen LogP contribution in [0.1, 0.15) is 134 Å². The number of ketones is 1. The molecule has 5 heterocycles. The minimum Gasteiger partial charge on any atom is -0.491 e. The largest absolute Gasteiger partial charge is 0.491 e. The zero-order valence-corrected chi connectivity index (χ0v) is 55.4. The first-order chi connectivity index (χ1) is 45.1. The number of thiazole rings is 2. The van der Waals surface area contributed by atoms with Crippen molar-refractivity contribution in [3.63, 3.8) is 0 Å². The van der Waals surface area contributed by atoms with Gasteiger partial charge in [0.1, 0.15) is 51.1 Å². The third-order valence-electron chi connectivity index (χ3n) is 17.2. The predicted octanol–water partition coefficient (Wildman–Crippen LogP) is 10.9. The summed E-state index contributed by atoms with van der Waals surface area (Å²) in [6.45, 7) is 13.1. The van der Waals surface area contributed by atoms with Crippen molar-refractivity contribution in [3.8, 4) is 17.0 Å². The number of amides is 5. The fourth-order valence-corrected chi connectivity index (χ4v) is 13.5. The highest BCUT2D eigenvalue weighted by Gasteiger charge is 2.42. The molecular weight excluding hydrogens is 1250 g/mol. The molecule has 6 aromatic rings. The van der Waals surface area contributed by atoms with Crippen LogP contribution in [0.4, 0.5) is 28.8 Å². The van der Waals surface area contributed by atoms with Gasteiger partial charge in [0.2, 0.25) is 23.5 Å². The predicted molar refractivity (Wildman–Crippen MR) is 351 cm³/mol. The number of alkyl halides is 3. The van der Waals surface area contributed by atoms with Crippen LogP contribution in [0.15, 0.2) is 84.2 Å². The minimum absolute atomic E-state index is 0.0265. The number of ether oxygens (including phenoxy) is 5. The molecule has 2 saturated heterocycles. The van der Waals surface area contributed by atoms with Gasteiger partial charge >= 0.3 is 12.3 Å². The smallest absolute Gasteiger partial charge is 0.416 e. The number of benzene rings is 3. The van der Waals surface area contributed by atoms with E-state index in [2.05, 4.69) is 25.8 Å². The second-order valence-electron chi connectivity index (χ2n) is 25.3. The number of fused-ring (bicyclic) bond motifs is 1. The van der Waals surface area contributed by atoms with Crippen molar-refractivity contribution in [1.82, 2.24) is 39.9 Å². The summed E-state index contributed by atoms with van der Waals surface area (Å²) < 4.78 is 72.2. The van der Waals surface area contributed by atoms with Crippen molar-refractivity contribution in [2.24, 2.45) is 11.8 Å². The first kappa shape index (κ1) is 69.4. The maximum Gasteiger partial charge on any atom is 0.416 e. The number of piperazine rings is 1. The van der Waals surface area contributed by atoms with Crippen molar-refractivity contribution in [1.29, 1.82) is 0 Å². The number of hydrogen-bond acceptors (Lipinski definition) is 18. The number of pyridine rings is 1. The molecule has 504 valence electrons. The van der Waals surface area contributed by atoms with E-state index in [4.69, 9.17) is 33.7 Å². The molecule has 21 nitrogen and oxygen atoms in total. The Morgan fingerprint density at radius 2 is 1.43 bits per heavy atom. The Labute approximate surface area is 553 Å². The Balaban J connectivity index is 0.590. The summed E-state index contributed by atoms with van der Waals surface area (Å²) in [7, 11) is 1.51. The third kappa shape index (κ3) is 18.9. The number of aromatic nitrogens is 3. The van der Waals surface area contributed by atoms with Gasteiger partial charge in [-0.1, -0.05) is 60.9 Å². The maximum atomic E-state index is 14.5. The van der Waals surface area contributed by atoms with E-state index < -0.39 is 47.3 Å². The molecule has 10 rings (SSSR count). The molecule has 94 heavy (non-hydrogen) atoms. The number of nitrogens with one attached hydrogen (secondary N) is 3. The molecule has 4 aliphatic rings. The zero-order valence-electron chi connectivity index (χ0n) is 53.8. The quantitative estimate of drug-likeness (QED) is 0.0306. The van der Waals surface area contributed by atoms with Gasteiger partial charge in [0.05, 0.1) is 56.9 Å². The molecule has 4 fully saturated rings. The fraction of sp³-hybridized carbons (Fsp3) is 0.515. The number of carbonyl (C=O) groups excluding carboxylic acids is 6. The molecule has 3 N–H and O–H groups in total. The molecule has 0 spiro atoms. The summed E-state index contributed by atoms with van der Waals surface area (Å²) in [6.07, 6.45) is 2.49. The number of likely N-dealkylation sites (N-methyl/N-ethyl adjacent to an activating group) is 1. The van der Waals surface area contributed by atoms with Gasteiger partial charge in [0, 0.05) is 86.5 Å². The van der Waals surface area contributed by atoms with Gasteiger partial charge in [0.25, 0.3) is 5.91 Å². The van der Waals surface area contributed by atoms with Gasteiger partial charge in [-0.05, 0) is 126 Å². The van der Waals surface area contributed by atoms with Crippen LogP contribution in [0.2, 0.25) is 0 Å². The SMILES string of the molecule is C[C@@H](C(=O)N[C@H](C(=O)N1CCC[C@H]1c1nc(C(=O)c2cccc(OCCOCCOCCOCCN3CCN(Cc4ccc(NC(=O)c5cccc(-c6ccc7nc(NC(=O)C8CC8)sc7n6)c5)cc4C(F)(F)F)CC3)c2)cs1)C1CCCCC1)N(C)C(=O)OC(C)(C)C. The maximum absolute atomic E-state index is 14.5. The standard InChI is InChI=1S/C68H83F3N10O11S2/c1-43(78(5)66(87)92-67(2,3)4)59(83)76-57(44-12-7-6-8-13-44)64(86)81-25-11-18-56(81)63-74-55(42-93-63)58(82)47-15-10-17-51(39-47)91-37-36-90-35-34-89-33-32-88-31-30-79-26-28-80(29-27-79)41-49-21-22-50(40-52(49)68(69,70)71)72-61(85)48-16-9-14-46(38-48)53-23-24-54-62(73-53)94-65(75-54)77-60(84)45-19-20-45/h9-10,14-17,21-24,38-40,42-45,56-57H,6-8,11-13,18-20,25-37,41H2,1-5H3,(H,72,85)(H,76,83)(H,75,77,84)/t43-,56-,57-/m0/s1. The van der Waals surface area contributed by atoms with Crippen LogP contribution in [-0.2, 0) is 46.1 Å². The third-order valence-corrected chi connectivity index (χ3v) is 19.0. The van der Waals surface area contributed by atoms with E-state index in [0.717, 1.165) is 57.4 Å². The van der Waals surface area contributed by atoms with Gasteiger partial charge in [-0.15, -0.1) is 11.3 Å². The number of likely N-dealkylation sites (tertiary alicyclic amines) is 1. The van der Waals surface area contributed by atoms with E-state index in [1.807, 2.05) is 4.90 Å². The molecule has 5 amide bonds. The zero-order chi connectivity index (χ0) is 66.5. The molecule has 3 atom stereocenters. The van der Waals surface area contributed by atoms with Gasteiger partial charge in [-0.25, -0.2) is 19.7 Å². The second-order valence-corrected chi connectivity index (χ2v) is 27.1. The fourth-order valence-electron chi connectivity index (χ4n) is 11.7. The van der Waals surface area contributed by atoms with Gasteiger partial charge in [0.15, 0.2) is 5.13 Å². The van der Waals surface area contributed by atoms with Crippen molar-refractivity contribution in [2.75, 3.05) is 103 Å². The molecule has 3 aromatic carbocycles. The van der Waals surface area contributed by atoms with Crippen LogP contribution < -0.4 is 20.7 Å². The second kappa shape index (κ2) is 31.9. The van der Waals surface area contributed by atoms with Gasteiger partial charge in [-0.2, -0.15) is 13.2 Å². The van der Waals surface area contributed by atoms with Crippen LogP contribution in [0.3, 0.4) is 0 Å². The van der Waals surface area contributed by atoms with Crippen molar-refractivity contribution in [3.05, 3.63) is 117 Å². The highest BCUT2D eigenvalue weighted by atomic mass is 32.1. The Morgan fingerprint density at radius 3 is 2.15 bits per heavy atom. The molecule has 0 radical (unpaired) electrons. The van der Waals surface area contributed by atoms with E-state index in [1.165, 1.54) is 46.8 Å². The molecule has 0 bridgehead atoms. The van der Waals surface area contributed by atoms with Crippen LogP contribution in [0.25, 0.3) is 21.6 Å². The molecule has 26 heteroatoms. The van der Waals surface area contributed by atoms with E-state index in [9.17, 15) is 41.9 Å². The summed E-state index contributed by atoms with van der Waals surface area (Å²) in [5.74, 6) is -1.03. The number of anilines is 2. The van der Waals surface area contributed by atoms with Crippen molar-refractivity contribution < 1.29 is 65.6 Å². The number of hydrogen-bond donors (Lipinski definition) is 3. The highest BCUT2D eigenvalue weighted by molar-refractivity contribution is 7.22. The van der Waals surface area contributed by atoms with E-state index >= 15 is 0 Å². The lowest BCUT2D eigenvalue weighted by atomic mass is 9.83. The van der Waals surface area contributed by atoms with Crippen LogP contribution in [-0.4, -0.2) is 180 Å². The number of halogens is 3. The molecule has 2 aliphatic carbocycles. The molecule has 2 aliphatic heterocycles. The molecule has 0 unspecified atom stereocenters. The summed E-state index contributed by atoms with van der Waals surface area (Å²) >= 11 is 2.60. The molecule has 2 saturated carbocycles. The lowest BCUT2D eigenvalue weighted by molar-refractivity contribution is -0.140. The van der Waals surface area contributed by atoms with E-state index in [-0.39, 0.29) is 77.7 Å². The van der Waals surface area contributed by atoms with Crippen LogP contribution >= 0.6 is 22.7 Å². The topological polar surface area (TPSA) is 236 Å². The molecule has 3 aromatic heterocycles. The Bertz CT molecular complexity index is 3620. The first-order valence-corrected chi connectivity index (χ1v) is 34.0. The van der Waals surface area contributed by atoms with Gasteiger partial charge in [-0.3, -0.25) is 38.7 Å². The number of rotatable bonds is 28. The molecular formula is C68H83F3N10O11S2. The van der Waals surface area contributed by atoms with Crippen LogP contribution in [0.5, 0.6) is 5.75 Å². The summed E-state index contributed by atoms with van der Waals surface area (Å²) in [4.78, 5) is 102. The monoisotopic (exact) mass is 1340 g/mol.